The van der Waals surface area contributed by atoms with E-state index in [4.69, 9.17) is 0 Å². The molecule has 0 unspecified atom stereocenters. The lowest BCUT2D eigenvalue weighted by Gasteiger charge is -2.19. The summed E-state index contributed by atoms with van der Waals surface area (Å²) in [5.41, 5.74) is 2.79. The molecule has 0 amide bonds. The molecule has 0 fully saturated rings. The Labute approximate surface area is 175 Å². The minimum atomic E-state index is -0.573. The standard InChI is InChI=1S/C24H24FN3O2/c1-17-14-19(8-9-21(17)25)20(18-6-4-3-5-7-18)10-12-28-13-11-27-24(28)15-22(29)23(30)16-26-2/h3-9,11,13-16,20,29H,10,12H2,1-2H3/b22-15-,26-16?/t20-/m1/s1. The number of hydrogen-bond acceptors (Lipinski definition) is 4. The largest absolute Gasteiger partial charge is 0.504 e. The number of rotatable bonds is 8. The summed E-state index contributed by atoms with van der Waals surface area (Å²) >= 11 is 0. The zero-order valence-corrected chi connectivity index (χ0v) is 17.0. The molecule has 2 aromatic carbocycles. The number of allylic oxidation sites excluding steroid dienone is 1. The van der Waals surface area contributed by atoms with Crippen LogP contribution in [0.25, 0.3) is 6.08 Å². The van der Waals surface area contributed by atoms with Gasteiger partial charge in [0.15, 0.2) is 5.76 Å². The lowest BCUT2D eigenvalue weighted by Crippen LogP contribution is -2.09. The Balaban J connectivity index is 1.86. The van der Waals surface area contributed by atoms with Gasteiger partial charge in [-0.2, -0.15) is 0 Å². The molecule has 3 aromatic rings. The first-order chi connectivity index (χ1) is 14.5. The molecule has 154 valence electrons. The van der Waals surface area contributed by atoms with E-state index in [1.807, 2.05) is 34.9 Å². The molecule has 3 rings (SSSR count). The van der Waals surface area contributed by atoms with Crippen molar-refractivity contribution < 1.29 is 14.3 Å². The maximum atomic E-state index is 13.8. The van der Waals surface area contributed by atoms with Gasteiger partial charge in [-0.25, -0.2) is 9.37 Å². The zero-order chi connectivity index (χ0) is 21.5. The average molecular weight is 405 g/mol. The van der Waals surface area contributed by atoms with Crippen molar-refractivity contribution in [2.24, 2.45) is 4.99 Å². The molecule has 30 heavy (non-hydrogen) atoms. The first-order valence-corrected chi connectivity index (χ1v) is 9.69. The van der Waals surface area contributed by atoms with Crippen LogP contribution in [0.1, 0.15) is 34.9 Å². The Hall–Kier alpha value is -3.54. The number of ketones is 1. The highest BCUT2D eigenvalue weighted by molar-refractivity contribution is 6.35. The molecule has 1 atom stereocenters. The van der Waals surface area contributed by atoms with Crippen LogP contribution < -0.4 is 0 Å². The molecule has 0 aliphatic heterocycles. The van der Waals surface area contributed by atoms with E-state index in [1.165, 1.54) is 19.2 Å². The van der Waals surface area contributed by atoms with Crippen molar-refractivity contribution in [3.63, 3.8) is 0 Å². The predicted octanol–water partition coefficient (Wildman–Crippen LogP) is 4.72. The lowest BCUT2D eigenvalue weighted by atomic mass is 9.87. The molecule has 0 bridgehead atoms. The van der Waals surface area contributed by atoms with Crippen LogP contribution in [-0.2, 0) is 11.3 Å². The molecule has 0 aliphatic carbocycles. The molecule has 1 N–H and O–H groups in total. The van der Waals surface area contributed by atoms with Crippen LogP contribution in [-0.4, -0.2) is 33.7 Å². The third-order valence-electron chi connectivity index (χ3n) is 4.96. The molecule has 6 heteroatoms. The van der Waals surface area contributed by atoms with Gasteiger partial charge in [-0.3, -0.25) is 9.79 Å². The number of aliphatic hydroxyl groups is 1. The number of aromatic nitrogens is 2. The van der Waals surface area contributed by atoms with E-state index >= 15 is 0 Å². The van der Waals surface area contributed by atoms with Crippen molar-refractivity contribution in [1.82, 2.24) is 9.55 Å². The van der Waals surface area contributed by atoms with Crippen LogP contribution >= 0.6 is 0 Å². The van der Waals surface area contributed by atoms with Crippen LogP contribution in [0.4, 0.5) is 4.39 Å². The quantitative estimate of drug-likeness (QED) is 0.335. The minimum Gasteiger partial charge on any atom is -0.504 e. The number of halogens is 1. The number of hydrogen-bond donors (Lipinski definition) is 1. The van der Waals surface area contributed by atoms with E-state index in [9.17, 15) is 14.3 Å². The second-order valence-electron chi connectivity index (χ2n) is 7.02. The maximum Gasteiger partial charge on any atom is 0.237 e. The summed E-state index contributed by atoms with van der Waals surface area (Å²) in [5.74, 6) is -0.666. The van der Waals surface area contributed by atoms with Crippen molar-refractivity contribution in [2.75, 3.05) is 7.05 Å². The Morgan fingerprint density at radius 2 is 2.00 bits per heavy atom. The zero-order valence-electron chi connectivity index (χ0n) is 17.0. The fourth-order valence-corrected chi connectivity index (χ4v) is 3.39. The minimum absolute atomic E-state index is 0.0622. The van der Waals surface area contributed by atoms with Gasteiger partial charge in [-0.15, -0.1) is 0 Å². The van der Waals surface area contributed by atoms with Crippen molar-refractivity contribution in [1.29, 1.82) is 0 Å². The summed E-state index contributed by atoms with van der Waals surface area (Å²) in [4.78, 5) is 19.6. The molecule has 5 nitrogen and oxygen atoms in total. The highest BCUT2D eigenvalue weighted by atomic mass is 19.1. The number of aliphatic hydroxyl groups excluding tert-OH is 1. The highest BCUT2D eigenvalue weighted by Crippen LogP contribution is 2.30. The van der Waals surface area contributed by atoms with Gasteiger partial charge in [0.2, 0.25) is 5.78 Å². The fourth-order valence-electron chi connectivity index (χ4n) is 3.39. The number of benzene rings is 2. The van der Waals surface area contributed by atoms with Gasteiger partial charge >= 0.3 is 0 Å². The van der Waals surface area contributed by atoms with Gasteiger partial charge in [0.05, 0.1) is 6.21 Å². The number of imidazole rings is 1. The van der Waals surface area contributed by atoms with Crippen LogP contribution in [0.2, 0.25) is 0 Å². The molecule has 0 radical (unpaired) electrons. The number of aryl methyl sites for hydroxylation is 2. The van der Waals surface area contributed by atoms with E-state index in [-0.39, 0.29) is 11.7 Å². The van der Waals surface area contributed by atoms with Gasteiger partial charge in [0.1, 0.15) is 11.6 Å². The molecule has 1 aromatic heterocycles. The topological polar surface area (TPSA) is 67.5 Å². The third kappa shape index (κ3) is 5.08. The van der Waals surface area contributed by atoms with Gasteiger partial charge < -0.3 is 9.67 Å². The first-order valence-electron chi connectivity index (χ1n) is 9.69. The molecular weight excluding hydrogens is 381 g/mol. The van der Waals surface area contributed by atoms with Crippen molar-refractivity contribution in [3.05, 3.63) is 95.0 Å². The summed E-state index contributed by atoms with van der Waals surface area (Å²) in [6.07, 6.45) is 6.55. The second-order valence-corrected chi connectivity index (χ2v) is 7.02. The summed E-state index contributed by atoms with van der Waals surface area (Å²) < 4.78 is 15.7. The van der Waals surface area contributed by atoms with Gasteiger partial charge in [-0.05, 0) is 36.1 Å². The molecule has 0 saturated carbocycles. The number of aliphatic imine (C=N–C) groups is 1. The lowest BCUT2D eigenvalue weighted by molar-refractivity contribution is -0.111. The summed E-state index contributed by atoms with van der Waals surface area (Å²) in [7, 11) is 1.47. The molecule has 0 spiro atoms. The SMILES string of the molecule is CN=CC(=O)/C(O)=C/c1nccn1CC[C@H](c1ccccc1)c1ccc(F)c(C)c1. The molecule has 1 heterocycles. The van der Waals surface area contributed by atoms with E-state index in [0.717, 1.165) is 23.8 Å². The average Bonchev–Trinajstić information content (AvgIpc) is 3.18. The smallest absolute Gasteiger partial charge is 0.237 e. The Kier molecular flexibility index (Phi) is 6.91. The highest BCUT2D eigenvalue weighted by Gasteiger charge is 2.16. The number of carbonyl (C=O) groups is 1. The summed E-state index contributed by atoms with van der Waals surface area (Å²) in [5, 5.41) is 9.97. The van der Waals surface area contributed by atoms with Gasteiger partial charge in [0.25, 0.3) is 0 Å². The Morgan fingerprint density at radius 1 is 1.23 bits per heavy atom. The van der Waals surface area contributed by atoms with Crippen molar-refractivity contribution >= 4 is 18.1 Å². The number of carbonyl (C=O) groups excluding carboxylic acids is 1. The van der Waals surface area contributed by atoms with Gasteiger partial charge in [0, 0.05) is 38.0 Å². The Bertz CT molecular complexity index is 1070. The van der Waals surface area contributed by atoms with Crippen LogP contribution in [0.15, 0.2) is 71.7 Å². The van der Waals surface area contributed by atoms with Crippen molar-refractivity contribution in [2.45, 2.75) is 25.8 Å². The van der Waals surface area contributed by atoms with Crippen LogP contribution in [0.3, 0.4) is 0 Å². The van der Waals surface area contributed by atoms with Crippen LogP contribution in [0, 0.1) is 12.7 Å². The van der Waals surface area contributed by atoms with Gasteiger partial charge in [-0.1, -0.05) is 42.5 Å². The molecule has 0 aliphatic rings. The van der Waals surface area contributed by atoms with Crippen molar-refractivity contribution in [3.8, 4) is 0 Å². The van der Waals surface area contributed by atoms with E-state index in [2.05, 4.69) is 22.1 Å². The van der Waals surface area contributed by atoms with E-state index < -0.39 is 11.5 Å². The predicted molar refractivity (Wildman–Crippen MR) is 116 cm³/mol. The summed E-state index contributed by atoms with van der Waals surface area (Å²) in [6, 6.07) is 15.3. The third-order valence-corrected chi connectivity index (χ3v) is 4.96. The maximum absolute atomic E-state index is 13.8. The fraction of sp³-hybridized carbons (Fsp3) is 0.208. The molecule has 0 saturated heterocycles. The second kappa shape index (κ2) is 9.78. The Morgan fingerprint density at radius 3 is 2.70 bits per heavy atom. The number of Topliss-reactive ketones (excluding diaryl/α,β-unsaturated/α-hetero) is 1. The van der Waals surface area contributed by atoms with E-state index in [0.29, 0.717) is 17.9 Å². The monoisotopic (exact) mass is 405 g/mol. The normalized spacial score (nSPS) is 13.0. The van der Waals surface area contributed by atoms with Crippen LogP contribution in [0.5, 0.6) is 0 Å². The number of nitrogens with zero attached hydrogens (tertiary/aromatic N) is 3. The first kappa shape index (κ1) is 21.2. The molecular formula is C24H24FN3O2. The summed E-state index contributed by atoms with van der Waals surface area (Å²) in [6.45, 7) is 2.37. The van der Waals surface area contributed by atoms with E-state index in [1.54, 1.807) is 19.3 Å².